The molecule has 0 atom stereocenters. The molecule has 0 saturated carbocycles. The van der Waals surface area contributed by atoms with Crippen molar-refractivity contribution >= 4 is 18.3 Å². The molecule has 0 spiro atoms. The Hall–Kier alpha value is -2.77. The van der Waals surface area contributed by atoms with Crippen molar-refractivity contribution < 1.29 is 13.6 Å². The number of nitrogens with two attached hydrogens (primary N) is 1. The minimum Gasteiger partial charge on any atom is -0.441 e. The third-order valence-corrected chi connectivity index (χ3v) is 4.62. The quantitative estimate of drug-likeness (QED) is 0.725. The van der Waals surface area contributed by atoms with Crippen molar-refractivity contribution in [1.29, 1.82) is 0 Å². The van der Waals surface area contributed by atoms with Gasteiger partial charge in [-0.3, -0.25) is 9.78 Å². The maximum absolute atomic E-state index is 14.2. The Balaban J connectivity index is 0.00000225. The molecule has 146 valence electrons. The number of hydrogen-bond acceptors (Lipinski definition) is 5. The number of amides is 1. The Labute approximate surface area is 168 Å². The average Bonchev–Trinajstić information content (AvgIpc) is 3.13. The van der Waals surface area contributed by atoms with Gasteiger partial charge in [0.1, 0.15) is 17.3 Å². The Kier molecular flexibility index (Phi) is 6.06. The second kappa shape index (κ2) is 8.50. The van der Waals surface area contributed by atoms with Crippen molar-refractivity contribution in [3.05, 3.63) is 71.1 Å². The molecular formula is C20H20ClFN4O2. The van der Waals surface area contributed by atoms with Crippen LogP contribution in [-0.4, -0.2) is 33.9 Å². The highest BCUT2D eigenvalue weighted by Gasteiger charge is 2.28. The van der Waals surface area contributed by atoms with Gasteiger partial charge in [0.05, 0.1) is 17.7 Å². The zero-order valence-corrected chi connectivity index (χ0v) is 15.9. The van der Waals surface area contributed by atoms with E-state index in [1.54, 1.807) is 29.4 Å². The highest BCUT2D eigenvalue weighted by atomic mass is 35.5. The van der Waals surface area contributed by atoms with Crippen LogP contribution >= 0.6 is 12.4 Å². The molecule has 0 aliphatic carbocycles. The van der Waals surface area contributed by atoms with Crippen molar-refractivity contribution in [3.63, 3.8) is 0 Å². The Morgan fingerprint density at radius 1 is 1.32 bits per heavy atom. The van der Waals surface area contributed by atoms with E-state index >= 15 is 0 Å². The fourth-order valence-corrected chi connectivity index (χ4v) is 3.21. The first-order chi connectivity index (χ1) is 13.2. The molecule has 1 aliphatic heterocycles. The summed E-state index contributed by atoms with van der Waals surface area (Å²) in [5.41, 5.74) is 7.96. The van der Waals surface area contributed by atoms with E-state index in [1.165, 1.54) is 6.07 Å². The largest absolute Gasteiger partial charge is 0.441 e. The molecule has 0 unspecified atom stereocenters. The number of halogens is 2. The molecule has 6 nitrogen and oxygen atoms in total. The molecule has 28 heavy (non-hydrogen) atoms. The highest BCUT2D eigenvalue weighted by molar-refractivity contribution is 5.94. The molecule has 0 fully saturated rings. The Morgan fingerprint density at radius 3 is 2.93 bits per heavy atom. The summed E-state index contributed by atoms with van der Waals surface area (Å²) >= 11 is 0. The number of carbonyl (C=O) groups excluding carboxylic acids is 1. The van der Waals surface area contributed by atoms with E-state index in [2.05, 4.69) is 9.97 Å². The first-order valence-corrected chi connectivity index (χ1v) is 8.82. The summed E-state index contributed by atoms with van der Waals surface area (Å²) in [6.45, 7) is 1.19. The van der Waals surface area contributed by atoms with Gasteiger partial charge in [-0.2, -0.15) is 0 Å². The first-order valence-electron chi connectivity index (χ1n) is 8.82. The summed E-state index contributed by atoms with van der Waals surface area (Å²) in [7, 11) is 0. The van der Waals surface area contributed by atoms with E-state index < -0.39 is 5.82 Å². The SMILES string of the molecule is Cl.NCCc1ccc(F)c(C(=O)N2CCc3oc(-c4cccnc4)nc3C2)c1. The number of nitrogens with zero attached hydrogens (tertiary/aromatic N) is 3. The normalized spacial score (nSPS) is 13.0. The Morgan fingerprint density at radius 2 is 2.18 bits per heavy atom. The first kappa shape index (κ1) is 20.0. The zero-order valence-electron chi connectivity index (χ0n) is 15.1. The number of carbonyl (C=O) groups is 1. The van der Waals surface area contributed by atoms with E-state index in [-0.39, 0.29) is 23.9 Å². The fourth-order valence-electron chi connectivity index (χ4n) is 3.21. The van der Waals surface area contributed by atoms with Gasteiger partial charge in [0.2, 0.25) is 5.89 Å². The van der Waals surface area contributed by atoms with Crippen molar-refractivity contribution in [3.8, 4) is 11.5 Å². The number of aromatic nitrogens is 2. The minimum absolute atomic E-state index is 0. The summed E-state index contributed by atoms with van der Waals surface area (Å²) < 4.78 is 20.0. The number of rotatable bonds is 4. The van der Waals surface area contributed by atoms with Crippen LogP contribution in [0.3, 0.4) is 0 Å². The number of hydrogen-bond donors (Lipinski definition) is 1. The lowest BCUT2D eigenvalue weighted by atomic mass is 10.1. The van der Waals surface area contributed by atoms with Crippen LogP contribution in [0.15, 0.2) is 47.1 Å². The van der Waals surface area contributed by atoms with Crippen molar-refractivity contribution in [2.45, 2.75) is 19.4 Å². The molecule has 8 heteroatoms. The zero-order chi connectivity index (χ0) is 18.8. The lowest BCUT2D eigenvalue weighted by molar-refractivity contribution is 0.0723. The molecular weight excluding hydrogens is 383 g/mol. The number of oxazole rings is 1. The molecule has 4 rings (SSSR count). The van der Waals surface area contributed by atoms with Gasteiger partial charge in [-0.25, -0.2) is 9.37 Å². The molecule has 1 aromatic carbocycles. The number of benzene rings is 1. The molecule has 0 saturated heterocycles. The Bertz CT molecular complexity index is 978. The number of fused-ring (bicyclic) bond motifs is 1. The molecule has 3 aromatic rings. The fraction of sp³-hybridized carbons (Fsp3) is 0.250. The summed E-state index contributed by atoms with van der Waals surface area (Å²) in [5.74, 6) is 0.375. The van der Waals surface area contributed by atoms with E-state index in [9.17, 15) is 9.18 Å². The molecule has 3 heterocycles. The summed E-state index contributed by atoms with van der Waals surface area (Å²) in [6.07, 6.45) is 4.50. The molecule has 0 radical (unpaired) electrons. The summed E-state index contributed by atoms with van der Waals surface area (Å²) in [6, 6.07) is 8.25. The van der Waals surface area contributed by atoms with Crippen molar-refractivity contribution in [2.24, 2.45) is 5.73 Å². The molecule has 0 bridgehead atoms. The van der Waals surface area contributed by atoms with E-state index in [4.69, 9.17) is 10.2 Å². The predicted octanol–water partition coefficient (Wildman–Crippen LogP) is 3.00. The van der Waals surface area contributed by atoms with Crippen LogP contribution in [0.5, 0.6) is 0 Å². The van der Waals surface area contributed by atoms with Crippen LogP contribution in [0.1, 0.15) is 27.4 Å². The van der Waals surface area contributed by atoms with Gasteiger partial charge >= 0.3 is 0 Å². The molecule has 2 aromatic heterocycles. The lowest BCUT2D eigenvalue weighted by Crippen LogP contribution is -2.36. The molecule has 2 N–H and O–H groups in total. The predicted molar refractivity (Wildman–Crippen MR) is 105 cm³/mol. The second-order valence-corrected chi connectivity index (χ2v) is 6.46. The van der Waals surface area contributed by atoms with Gasteiger partial charge in [-0.15, -0.1) is 12.4 Å². The van der Waals surface area contributed by atoms with Crippen LogP contribution in [0.2, 0.25) is 0 Å². The van der Waals surface area contributed by atoms with Gasteiger partial charge < -0.3 is 15.1 Å². The van der Waals surface area contributed by atoms with Crippen LogP contribution in [-0.2, 0) is 19.4 Å². The van der Waals surface area contributed by atoms with Gasteiger partial charge in [-0.1, -0.05) is 6.07 Å². The van der Waals surface area contributed by atoms with E-state index in [0.29, 0.717) is 44.1 Å². The third kappa shape index (κ3) is 3.90. The standard InChI is InChI=1S/C20H19FN4O2.ClH/c21-16-4-3-13(5-7-22)10-15(16)20(26)25-9-6-18-17(12-25)24-19(27-18)14-2-1-8-23-11-14;/h1-4,8,10-11H,5-7,9,12,22H2;1H. The van der Waals surface area contributed by atoms with Crippen LogP contribution in [0.4, 0.5) is 4.39 Å². The smallest absolute Gasteiger partial charge is 0.257 e. The molecule has 1 aliphatic rings. The van der Waals surface area contributed by atoms with Gasteiger partial charge in [0, 0.05) is 25.4 Å². The molecule has 1 amide bonds. The van der Waals surface area contributed by atoms with Crippen LogP contribution in [0.25, 0.3) is 11.5 Å². The van der Waals surface area contributed by atoms with Gasteiger partial charge in [-0.05, 0) is 42.8 Å². The summed E-state index contributed by atoms with van der Waals surface area (Å²) in [5, 5.41) is 0. The van der Waals surface area contributed by atoms with Crippen LogP contribution in [0, 0.1) is 5.82 Å². The highest BCUT2D eigenvalue weighted by Crippen LogP contribution is 2.27. The van der Waals surface area contributed by atoms with Crippen molar-refractivity contribution in [1.82, 2.24) is 14.9 Å². The van der Waals surface area contributed by atoms with Gasteiger partial charge in [0.15, 0.2) is 0 Å². The van der Waals surface area contributed by atoms with E-state index in [1.807, 2.05) is 12.1 Å². The topological polar surface area (TPSA) is 85.3 Å². The average molecular weight is 403 g/mol. The maximum Gasteiger partial charge on any atom is 0.257 e. The minimum atomic E-state index is -0.525. The number of pyridine rings is 1. The summed E-state index contributed by atoms with van der Waals surface area (Å²) in [4.78, 5) is 23.0. The third-order valence-electron chi connectivity index (χ3n) is 4.62. The van der Waals surface area contributed by atoms with Crippen LogP contribution < -0.4 is 5.73 Å². The lowest BCUT2D eigenvalue weighted by Gasteiger charge is -2.25. The monoisotopic (exact) mass is 402 g/mol. The second-order valence-electron chi connectivity index (χ2n) is 6.46. The maximum atomic E-state index is 14.2. The van der Waals surface area contributed by atoms with E-state index in [0.717, 1.165) is 16.9 Å². The van der Waals surface area contributed by atoms with Crippen molar-refractivity contribution in [2.75, 3.05) is 13.1 Å². The van der Waals surface area contributed by atoms with Gasteiger partial charge in [0.25, 0.3) is 5.91 Å².